The second kappa shape index (κ2) is 7.17. The highest BCUT2D eigenvalue weighted by Gasteiger charge is 2.37. The highest BCUT2D eigenvalue weighted by Crippen LogP contribution is 2.32. The minimum absolute atomic E-state index is 0.0555. The van der Waals surface area contributed by atoms with Crippen LogP contribution in [0.15, 0.2) is 54.6 Å². The zero-order valence-corrected chi connectivity index (χ0v) is 13.1. The van der Waals surface area contributed by atoms with E-state index in [1.807, 2.05) is 30.3 Å². The van der Waals surface area contributed by atoms with Gasteiger partial charge in [0.15, 0.2) is 0 Å². The summed E-state index contributed by atoms with van der Waals surface area (Å²) in [4.78, 5) is 23.4. The second-order valence-electron chi connectivity index (χ2n) is 5.93. The molecule has 0 radical (unpaired) electrons. The summed E-state index contributed by atoms with van der Waals surface area (Å²) in [6, 6.07) is 15.7. The monoisotopic (exact) mass is 325 g/mol. The Balaban J connectivity index is 1.57. The fraction of sp³-hybridized carbons (Fsp3) is 0.263. The lowest BCUT2D eigenvalue weighted by Crippen LogP contribution is -2.42. The number of rotatable bonds is 7. The molecule has 1 aliphatic carbocycles. The normalized spacial score (nSPS) is 14.7. The fourth-order valence-electron chi connectivity index (χ4n) is 2.48. The standard InChI is InChI=1S/C19H19NO4/c21-18(20-17(19(22)23)14-6-7-14)15-8-10-16(11-9-15)24-12-13-4-2-1-3-5-13/h1-5,8-11,14,17H,6-7,12H2,(H,20,21)(H,22,23). The molecule has 1 atom stereocenters. The van der Waals surface area contributed by atoms with Crippen molar-refractivity contribution in [2.75, 3.05) is 0 Å². The average Bonchev–Trinajstić information content (AvgIpc) is 3.43. The number of aliphatic carboxylic acids is 1. The van der Waals surface area contributed by atoms with E-state index in [9.17, 15) is 9.59 Å². The van der Waals surface area contributed by atoms with E-state index in [0.717, 1.165) is 18.4 Å². The predicted octanol–water partition coefficient (Wildman–Crippen LogP) is 2.86. The number of carboxylic acids is 1. The maximum atomic E-state index is 12.2. The third-order valence-electron chi connectivity index (χ3n) is 4.01. The molecular formula is C19H19NO4. The molecule has 1 saturated carbocycles. The van der Waals surface area contributed by atoms with Crippen LogP contribution in [0.4, 0.5) is 0 Å². The van der Waals surface area contributed by atoms with Crippen LogP contribution < -0.4 is 10.1 Å². The first kappa shape index (κ1) is 16.1. The molecule has 1 unspecified atom stereocenters. The van der Waals surface area contributed by atoms with Gasteiger partial charge in [-0.25, -0.2) is 4.79 Å². The molecule has 24 heavy (non-hydrogen) atoms. The number of ether oxygens (including phenoxy) is 1. The first-order chi connectivity index (χ1) is 11.6. The van der Waals surface area contributed by atoms with Crippen LogP contribution in [0, 0.1) is 5.92 Å². The van der Waals surface area contributed by atoms with Crippen LogP contribution in [0.1, 0.15) is 28.8 Å². The summed E-state index contributed by atoms with van der Waals surface area (Å²) >= 11 is 0. The molecular weight excluding hydrogens is 306 g/mol. The van der Waals surface area contributed by atoms with Gasteiger partial charge in [0.2, 0.25) is 0 Å². The van der Waals surface area contributed by atoms with E-state index in [4.69, 9.17) is 9.84 Å². The van der Waals surface area contributed by atoms with Gasteiger partial charge in [0, 0.05) is 5.56 Å². The molecule has 5 heteroatoms. The lowest BCUT2D eigenvalue weighted by atomic mass is 10.1. The van der Waals surface area contributed by atoms with Crippen molar-refractivity contribution < 1.29 is 19.4 Å². The number of carbonyl (C=O) groups is 2. The van der Waals surface area contributed by atoms with E-state index in [1.54, 1.807) is 24.3 Å². The van der Waals surface area contributed by atoms with Crippen LogP contribution >= 0.6 is 0 Å². The number of hydrogen-bond donors (Lipinski definition) is 2. The summed E-state index contributed by atoms with van der Waals surface area (Å²) < 4.78 is 5.67. The highest BCUT2D eigenvalue weighted by molar-refractivity contribution is 5.96. The van der Waals surface area contributed by atoms with E-state index in [2.05, 4.69) is 5.32 Å². The minimum atomic E-state index is -0.978. The highest BCUT2D eigenvalue weighted by atomic mass is 16.5. The molecule has 0 bridgehead atoms. The molecule has 0 aliphatic heterocycles. The predicted molar refractivity (Wildman–Crippen MR) is 88.8 cm³/mol. The quantitative estimate of drug-likeness (QED) is 0.821. The zero-order chi connectivity index (χ0) is 16.9. The van der Waals surface area contributed by atoms with Crippen molar-refractivity contribution in [3.63, 3.8) is 0 Å². The topological polar surface area (TPSA) is 75.6 Å². The van der Waals surface area contributed by atoms with Gasteiger partial charge >= 0.3 is 5.97 Å². The third kappa shape index (κ3) is 4.13. The fourth-order valence-corrected chi connectivity index (χ4v) is 2.48. The van der Waals surface area contributed by atoms with Gasteiger partial charge in [-0.2, -0.15) is 0 Å². The van der Waals surface area contributed by atoms with Crippen LogP contribution in [0.25, 0.3) is 0 Å². The number of amides is 1. The Labute approximate surface area is 140 Å². The number of benzene rings is 2. The van der Waals surface area contributed by atoms with Crippen molar-refractivity contribution >= 4 is 11.9 Å². The van der Waals surface area contributed by atoms with Gasteiger partial charge in [-0.1, -0.05) is 30.3 Å². The van der Waals surface area contributed by atoms with E-state index < -0.39 is 12.0 Å². The Bertz CT molecular complexity index is 708. The van der Waals surface area contributed by atoms with Crippen LogP contribution in [-0.4, -0.2) is 23.0 Å². The minimum Gasteiger partial charge on any atom is -0.489 e. The maximum Gasteiger partial charge on any atom is 0.326 e. The van der Waals surface area contributed by atoms with Crippen LogP contribution in [0.2, 0.25) is 0 Å². The number of carboxylic acid groups (broad SMARTS) is 1. The second-order valence-corrected chi connectivity index (χ2v) is 5.93. The van der Waals surface area contributed by atoms with Crippen molar-refractivity contribution in [3.8, 4) is 5.75 Å². The van der Waals surface area contributed by atoms with Gasteiger partial charge in [-0.3, -0.25) is 4.79 Å². The Morgan fingerprint density at radius 1 is 1.08 bits per heavy atom. The molecule has 2 aromatic carbocycles. The molecule has 0 aromatic heterocycles. The van der Waals surface area contributed by atoms with E-state index in [1.165, 1.54) is 0 Å². The summed E-state index contributed by atoms with van der Waals surface area (Å²) in [6.07, 6.45) is 1.70. The summed E-state index contributed by atoms with van der Waals surface area (Å²) in [5.41, 5.74) is 1.49. The summed E-state index contributed by atoms with van der Waals surface area (Å²) in [7, 11) is 0. The number of hydrogen-bond acceptors (Lipinski definition) is 3. The molecule has 1 aliphatic rings. The smallest absolute Gasteiger partial charge is 0.326 e. The van der Waals surface area contributed by atoms with Gasteiger partial charge in [-0.15, -0.1) is 0 Å². The SMILES string of the molecule is O=C(NC(C(=O)O)C1CC1)c1ccc(OCc2ccccc2)cc1. The molecule has 0 heterocycles. The van der Waals surface area contributed by atoms with Crippen molar-refractivity contribution in [2.24, 2.45) is 5.92 Å². The maximum absolute atomic E-state index is 12.2. The molecule has 0 spiro atoms. The molecule has 124 valence electrons. The summed E-state index contributed by atoms with van der Waals surface area (Å²) in [5, 5.41) is 11.8. The van der Waals surface area contributed by atoms with Crippen molar-refractivity contribution in [3.05, 3.63) is 65.7 Å². The molecule has 1 fully saturated rings. The first-order valence-electron chi connectivity index (χ1n) is 7.94. The summed E-state index contributed by atoms with van der Waals surface area (Å²) in [5.74, 6) is -0.634. The molecule has 5 nitrogen and oxygen atoms in total. The summed E-state index contributed by atoms with van der Waals surface area (Å²) in [6.45, 7) is 0.454. The van der Waals surface area contributed by atoms with E-state index in [-0.39, 0.29) is 11.8 Å². The van der Waals surface area contributed by atoms with Crippen molar-refractivity contribution in [2.45, 2.75) is 25.5 Å². The molecule has 2 aromatic rings. The van der Waals surface area contributed by atoms with Gasteiger partial charge in [0.1, 0.15) is 18.4 Å². The van der Waals surface area contributed by atoms with Crippen LogP contribution in [0.5, 0.6) is 5.75 Å². The molecule has 0 saturated heterocycles. The Morgan fingerprint density at radius 3 is 2.33 bits per heavy atom. The van der Waals surface area contributed by atoms with E-state index >= 15 is 0 Å². The van der Waals surface area contributed by atoms with Gasteiger partial charge in [0.25, 0.3) is 5.91 Å². The lowest BCUT2D eigenvalue weighted by molar-refractivity contribution is -0.139. The largest absolute Gasteiger partial charge is 0.489 e. The zero-order valence-electron chi connectivity index (χ0n) is 13.1. The van der Waals surface area contributed by atoms with Gasteiger partial charge in [-0.05, 0) is 48.6 Å². The molecule has 2 N–H and O–H groups in total. The molecule has 3 rings (SSSR count). The van der Waals surface area contributed by atoms with Crippen molar-refractivity contribution in [1.29, 1.82) is 0 Å². The average molecular weight is 325 g/mol. The number of carbonyl (C=O) groups excluding carboxylic acids is 1. The third-order valence-corrected chi connectivity index (χ3v) is 4.01. The Kier molecular flexibility index (Phi) is 4.79. The van der Waals surface area contributed by atoms with Crippen molar-refractivity contribution in [1.82, 2.24) is 5.32 Å². The molecule has 1 amide bonds. The van der Waals surface area contributed by atoms with E-state index in [0.29, 0.717) is 17.9 Å². The lowest BCUT2D eigenvalue weighted by Gasteiger charge is -2.13. The Morgan fingerprint density at radius 2 is 1.75 bits per heavy atom. The first-order valence-corrected chi connectivity index (χ1v) is 7.94. The van der Waals surface area contributed by atoms with Gasteiger partial charge in [0.05, 0.1) is 0 Å². The van der Waals surface area contributed by atoms with Gasteiger partial charge < -0.3 is 15.2 Å². The van der Waals surface area contributed by atoms with Crippen LogP contribution in [0.3, 0.4) is 0 Å². The number of nitrogens with one attached hydrogen (secondary N) is 1. The van der Waals surface area contributed by atoms with Crippen LogP contribution in [-0.2, 0) is 11.4 Å². The Hall–Kier alpha value is -2.82.